The summed E-state index contributed by atoms with van der Waals surface area (Å²) >= 11 is 0. The first-order valence-corrected chi connectivity index (χ1v) is 8.17. The molecule has 20 heavy (non-hydrogen) atoms. The normalized spacial score (nSPS) is 30.7. The van der Waals surface area contributed by atoms with Crippen molar-refractivity contribution in [2.45, 2.75) is 64.1 Å². The molecule has 1 aliphatic heterocycles. The van der Waals surface area contributed by atoms with Gasteiger partial charge in [0.1, 0.15) is 5.54 Å². The number of hydrogen-bond acceptors (Lipinski definition) is 4. The maximum atomic E-state index is 9.80. The smallest absolute Gasteiger partial charge is 0.122 e. The van der Waals surface area contributed by atoms with Crippen LogP contribution in [-0.2, 0) is 4.74 Å². The van der Waals surface area contributed by atoms with Crippen LogP contribution < -0.4 is 5.32 Å². The minimum atomic E-state index is -0.347. The Kier molecular flexibility index (Phi) is 5.42. The summed E-state index contributed by atoms with van der Waals surface area (Å²) in [6.07, 6.45) is 4.83. The molecule has 0 aromatic heterocycles. The zero-order chi connectivity index (χ0) is 14.6. The molecule has 1 aliphatic carbocycles. The highest BCUT2D eigenvalue weighted by Gasteiger charge is 2.47. The minimum absolute atomic E-state index is 0.277. The molecule has 0 bridgehead atoms. The molecule has 2 rings (SSSR count). The lowest BCUT2D eigenvalue weighted by Gasteiger charge is -2.42. The van der Waals surface area contributed by atoms with Crippen LogP contribution in [0.15, 0.2) is 0 Å². The summed E-state index contributed by atoms with van der Waals surface area (Å²) in [6, 6.07) is 3.08. The lowest BCUT2D eigenvalue weighted by molar-refractivity contribution is -0.0626. The molecule has 2 fully saturated rings. The fourth-order valence-corrected chi connectivity index (χ4v) is 3.22. The topological polar surface area (TPSA) is 48.3 Å². The van der Waals surface area contributed by atoms with E-state index in [0.717, 1.165) is 39.1 Å². The second-order valence-electron chi connectivity index (χ2n) is 6.42. The van der Waals surface area contributed by atoms with Gasteiger partial charge in [-0.2, -0.15) is 5.26 Å². The van der Waals surface area contributed by atoms with Crippen molar-refractivity contribution in [1.29, 1.82) is 5.26 Å². The number of morpholine rings is 1. The average Bonchev–Trinajstić information content (AvgIpc) is 3.29. The summed E-state index contributed by atoms with van der Waals surface area (Å²) in [5.41, 5.74) is -0.347. The van der Waals surface area contributed by atoms with Gasteiger partial charge < -0.3 is 4.74 Å². The molecule has 4 nitrogen and oxygen atoms in total. The molecule has 0 aromatic rings. The number of rotatable bonds is 7. The number of nitrogens with one attached hydrogen (secondary N) is 1. The van der Waals surface area contributed by atoms with Crippen molar-refractivity contribution >= 4 is 0 Å². The van der Waals surface area contributed by atoms with Crippen molar-refractivity contribution in [2.75, 3.05) is 26.2 Å². The van der Waals surface area contributed by atoms with E-state index in [-0.39, 0.29) is 11.6 Å². The van der Waals surface area contributed by atoms with Crippen LogP contribution in [0.3, 0.4) is 0 Å². The molecule has 2 aliphatic rings. The lowest BCUT2D eigenvalue weighted by Crippen LogP contribution is -2.60. The van der Waals surface area contributed by atoms with Crippen LogP contribution in [0.4, 0.5) is 0 Å². The third-order valence-corrected chi connectivity index (χ3v) is 4.67. The zero-order valence-electron chi connectivity index (χ0n) is 13.2. The van der Waals surface area contributed by atoms with E-state index in [1.54, 1.807) is 0 Å². The SMILES string of the molecule is CCCNC(C#N)(CN1CC(C)OCC1CC)C1CC1. The van der Waals surface area contributed by atoms with Gasteiger partial charge in [0.25, 0.3) is 0 Å². The third kappa shape index (κ3) is 3.52. The molecule has 114 valence electrons. The van der Waals surface area contributed by atoms with Gasteiger partial charge in [0.15, 0.2) is 0 Å². The van der Waals surface area contributed by atoms with Gasteiger partial charge in [-0.05, 0) is 45.1 Å². The highest BCUT2D eigenvalue weighted by molar-refractivity contribution is 5.17. The van der Waals surface area contributed by atoms with E-state index in [1.165, 1.54) is 12.8 Å². The fourth-order valence-electron chi connectivity index (χ4n) is 3.22. The number of hydrogen-bond donors (Lipinski definition) is 1. The largest absolute Gasteiger partial charge is 0.376 e. The molecule has 1 saturated carbocycles. The van der Waals surface area contributed by atoms with Crippen LogP contribution in [-0.4, -0.2) is 48.8 Å². The van der Waals surface area contributed by atoms with Crippen molar-refractivity contribution in [3.05, 3.63) is 0 Å². The number of nitriles is 1. The molecule has 1 heterocycles. The van der Waals surface area contributed by atoms with E-state index in [0.29, 0.717) is 12.0 Å². The first kappa shape index (κ1) is 15.8. The number of nitrogens with zero attached hydrogens (tertiary/aromatic N) is 2. The molecule has 0 amide bonds. The summed E-state index contributed by atoms with van der Waals surface area (Å²) in [6.45, 7) is 10.0. The summed E-state index contributed by atoms with van der Waals surface area (Å²) in [5, 5.41) is 13.4. The van der Waals surface area contributed by atoms with Crippen molar-refractivity contribution in [2.24, 2.45) is 5.92 Å². The van der Waals surface area contributed by atoms with Gasteiger partial charge in [-0.3, -0.25) is 10.2 Å². The Bertz CT molecular complexity index is 350. The molecule has 0 spiro atoms. The maximum absolute atomic E-state index is 9.80. The maximum Gasteiger partial charge on any atom is 0.122 e. The van der Waals surface area contributed by atoms with Crippen LogP contribution >= 0.6 is 0 Å². The van der Waals surface area contributed by atoms with Crippen molar-refractivity contribution < 1.29 is 4.74 Å². The monoisotopic (exact) mass is 279 g/mol. The fraction of sp³-hybridized carbons (Fsp3) is 0.938. The molecule has 1 N–H and O–H groups in total. The van der Waals surface area contributed by atoms with E-state index in [9.17, 15) is 5.26 Å². The summed E-state index contributed by atoms with van der Waals surface area (Å²) in [5.74, 6) is 0.537. The van der Waals surface area contributed by atoms with Crippen molar-refractivity contribution in [3.8, 4) is 6.07 Å². The molecule has 3 atom stereocenters. The van der Waals surface area contributed by atoms with Gasteiger partial charge >= 0.3 is 0 Å². The molecule has 4 heteroatoms. The molecular weight excluding hydrogens is 250 g/mol. The average molecular weight is 279 g/mol. The van der Waals surface area contributed by atoms with E-state index < -0.39 is 0 Å². The third-order valence-electron chi connectivity index (χ3n) is 4.67. The van der Waals surface area contributed by atoms with Crippen LogP contribution in [0, 0.1) is 17.2 Å². The van der Waals surface area contributed by atoms with Crippen molar-refractivity contribution in [3.63, 3.8) is 0 Å². The van der Waals surface area contributed by atoms with Gasteiger partial charge in [0, 0.05) is 19.1 Å². The molecule has 0 radical (unpaired) electrons. The minimum Gasteiger partial charge on any atom is -0.376 e. The van der Waals surface area contributed by atoms with E-state index in [1.807, 2.05) is 0 Å². The Morgan fingerprint density at radius 1 is 1.40 bits per heavy atom. The summed E-state index contributed by atoms with van der Waals surface area (Å²) in [7, 11) is 0. The molecule has 3 unspecified atom stereocenters. The predicted octanol–water partition coefficient (Wildman–Crippen LogP) is 2.16. The second kappa shape index (κ2) is 6.89. The quantitative estimate of drug-likeness (QED) is 0.776. The zero-order valence-corrected chi connectivity index (χ0v) is 13.2. The van der Waals surface area contributed by atoms with Crippen molar-refractivity contribution in [1.82, 2.24) is 10.2 Å². The van der Waals surface area contributed by atoms with E-state index in [4.69, 9.17) is 4.74 Å². The Hall–Kier alpha value is -0.630. The number of ether oxygens (including phenoxy) is 1. The molecule has 1 saturated heterocycles. The van der Waals surface area contributed by atoms with E-state index in [2.05, 4.69) is 37.1 Å². The first-order chi connectivity index (χ1) is 9.65. The van der Waals surface area contributed by atoms with Gasteiger partial charge in [-0.25, -0.2) is 0 Å². The Balaban J connectivity index is 2.07. The van der Waals surface area contributed by atoms with E-state index >= 15 is 0 Å². The Morgan fingerprint density at radius 2 is 2.15 bits per heavy atom. The highest BCUT2D eigenvalue weighted by atomic mass is 16.5. The van der Waals surface area contributed by atoms with Gasteiger partial charge in [-0.1, -0.05) is 13.8 Å². The predicted molar refractivity (Wildman–Crippen MR) is 80.4 cm³/mol. The lowest BCUT2D eigenvalue weighted by atomic mass is 9.92. The van der Waals surface area contributed by atoms with Crippen LogP contribution in [0.2, 0.25) is 0 Å². The van der Waals surface area contributed by atoms with Crippen LogP contribution in [0.5, 0.6) is 0 Å². The van der Waals surface area contributed by atoms with Gasteiger partial charge in [-0.15, -0.1) is 0 Å². The Labute approximate surface area is 123 Å². The highest BCUT2D eigenvalue weighted by Crippen LogP contribution is 2.40. The molecular formula is C16H29N3O. The van der Waals surface area contributed by atoms with Crippen LogP contribution in [0.1, 0.15) is 46.5 Å². The Morgan fingerprint density at radius 3 is 2.70 bits per heavy atom. The summed E-state index contributed by atoms with van der Waals surface area (Å²) in [4.78, 5) is 2.48. The summed E-state index contributed by atoms with van der Waals surface area (Å²) < 4.78 is 5.77. The first-order valence-electron chi connectivity index (χ1n) is 8.17. The standard InChI is InChI=1S/C16H29N3O/c1-4-8-18-16(11-17,14-6-7-14)12-19-9-13(3)20-10-15(19)5-2/h13-15,18H,4-10,12H2,1-3H3. The van der Waals surface area contributed by atoms with Gasteiger partial charge in [0.05, 0.1) is 18.8 Å². The van der Waals surface area contributed by atoms with Gasteiger partial charge in [0.2, 0.25) is 0 Å². The second-order valence-corrected chi connectivity index (χ2v) is 6.42. The molecule has 0 aromatic carbocycles. The van der Waals surface area contributed by atoms with Crippen LogP contribution in [0.25, 0.3) is 0 Å².